The first-order valence-electron chi connectivity index (χ1n) is 7.26. The summed E-state index contributed by atoms with van der Waals surface area (Å²) in [4.78, 5) is 5.72. The Labute approximate surface area is 138 Å². The molecule has 1 heterocycles. The second kappa shape index (κ2) is 6.79. The van der Waals surface area contributed by atoms with Gasteiger partial charge in [-0.05, 0) is 48.9 Å². The lowest BCUT2D eigenvalue weighted by atomic mass is 10.1. The van der Waals surface area contributed by atoms with Crippen LogP contribution in [0.2, 0.25) is 0 Å². The van der Waals surface area contributed by atoms with Crippen molar-refractivity contribution in [2.45, 2.75) is 13.5 Å². The van der Waals surface area contributed by atoms with Gasteiger partial charge in [0, 0.05) is 17.0 Å². The zero-order valence-corrected chi connectivity index (χ0v) is 13.8. The molecule has 3 nitrogen and oxygen atoms in total. The summed E-state index contributed by atoms with van der Waals surface area (Å²) in [6.07, 6.45) is 0. The number of rotatable bonds is 5. The average molecular weight is 328 g/mol. The maximum absolute atomic E-state index is 13.0. The molecule has 0 amide bonds. The minimum atomic E-state index is -0.237. The van der Waals surface area contributed by atoms with Crippen LogP contribution in [0.1, 0.15) is 10.4 Å². The van der Waals surface area contributed by atoms with Crippen LogP contribution in [0, 0.1) is 12.7 Å². The van der Waals surface area contributed by atoms with Gasteiger partial charge in [-0.25, -0.2) is 9.37 Å². The minimum absolute atomic E-state index is 0.237. The largest absolute Gasteiger partial charge is 0.497 e. The molecule has 1 aromatic heterocycles. The molecule has 0 saturated carbocycles. The first-order chi connectivity index (χ1) is 11.2. The van der Waals surface area contributed by atoms with E-state index in [0.29, 0.717) is 6.54 Å². The second-order valence-electron chi connectivity index (χ2n) is 5.13. The van der Waals surface area contributed by atoms with Crippen LogP contribution in [-0.2, 0) is 6.54 Å². The van der Waals surface area contributed by atoms with E-state index in [9.17, 15) is 4.39 Å². The summed E-state index contributed by atoms with van der Waals surface area (Å²) in [5.41, 5.74) is 2.98. The number of nitrogens with zero attached hydrogens (tertiary/aromatic N) is 1. The highest BCUT2D eigenvalue weighted by Crippen LogP contribution is 2.30. The number of ether oxygens (including phenoxy) is 1. The van der Waals surface area contributed by atoms with Crippen LogP contribution < -0.4 is 10.1 Å². The number of halogens is 1. The number of hydrogen-bond acceptors (Lipinski definition) is 4. The summed E-state index contributed by atoms with van der Waals surface area (Å²) in [6.45, 7) is 2.72. The van der Waals surface area contributed by atoms with E-state index >= 15 is 0 Å². The van der Waals surface area contributed by atoms with Gasteiger partial charge < -0.3 is 10.1 Å². The SMILES string of the molecule is COc1ccc(CNc2nc(-c3ccc(F)cc3)c(C)s2)cc1. The molecule has 0 fully saturated rings. The summed E-state index contributed by atoms with van der Waals surface area (Å²) in [5.74, 6) is 0.608. The molecule has 3 rings (SSSR count). The smallest absolute Gasteiger partial charge is 0.183 e. The predicted molar refractivity (Wildman–Crippen MR) is 92.6 cm³/mol. The molecule has 0 aliphatic carbocycles. The number of benzene rings is 2. The Morgan fingerprint density at radius 1 is 1.09 bits per heavy atom. The standard InChI is InChI=1S/C18H17FN2OS/c1-12-17(14-5-7-15(19)8-6-14)21-18(23-12)20-11-13-3-9-16(22-2)10-4-13/h3-10H,11H2,1-2H3,(H,20,21). The van der Waals surface area contributed by atoms with E-state index in [2.05, 4.69) is 10.3 Å². The molecular weight excluding hydrogens is 311 g/mol. The summed E-state index contributed by atoms with van der Waals surface area (Å²) < 4.78 is 18.2. The van der Waals surface area contributed by atoms with Crippen molar-refractivity contribution in [3.8, 4) is 17.0 Å². The van der Waals surface area contributed by atoms with Gasteiger partial charge in [0.25, 0.3) is 0 Å². The highest BCUT2D eigenvalue weighted by molar-refractivity contribution is 7.15. The Balaban J connectivity index is 1.71. The number of anilines is 1. The van der Waals surface area contributed by atoms with Gasteiger partial charge in [0.1, 0.15) is 11.6 Å². The van der Waals surface area contributed by atoms with Gasteiger partial charge in [-0.3, -0.25) is 0 Å². The third kappa shape index (κ3) is 3.68. The van der Waals surface area contributed by atoms with Gasteiger partial charge in [-0.1, -0.05) is 12.1 Å². The van der Waals surface area contributed by atoms with Crippen LogP contribution in [0.4, 0.5) is 9.52 Å². The highest BCUT2D eigenvalue weighted by atomic mass is 32.1. The third-order valence-corrected chi connectivity index (χ3v) is 4.45. The molecule has 118 valence electrons. The van der Waals surface area contributed by atoms with Gasteiger partial charge in [0.15, 0.2) is 5.13 Å². The maximum Gasteiger partial charge on any atom is 0.183 e. The number of hydrogen-bond donors (Lipinski definition) is 1. The first kappa shape index (κ1) is 15.5. The molecule has 0 atom stereocenters. The molecule has 5 heteroatoms. The van der Waals surface area contributed by atoms with Gasteiger partial charge in [0.2, 0.25) is 0 Å². The molecule has 23 heavy (non-hydrogen) atoms. The predicted octanol–water partition coefficient (Wildman–Crippen LogP) is 4.88. The normalized spacial score (nSPS) is 10.6. The van der Waals surface area contributed by atoms with E-state index < -0.39 is 0 Å². The summed E-state index contributed by atoms with van der Waals surface area (Å²) in [7, 11) is 1.66. The Kier molecular flexibility index (Phi) is 4.57. The number of nitrogens with one attached hydrogen (secondary N) is 1. The van der Waals surface area contributed by atoms with E-state index in [0.717, 1.165) is 32.6 Å². The highest BCUT2D eigenvalue weighted by Gasteiger charge is 2.09. The van der Waals surface area contributed by atoms with Crippen LogP contribution in [0.25, 0.3) is 11.3 Å². The van der Waals surface area contributed by atoms with E-state index in [4.69, 9.17) is 4.74 Å². The van der Waals surface area contributed by atoms with Crippen LogP contribution in [0.15, 0.2) is 48.5 Å². The first-order valence-corrected chi connectivity index (χ1v) is 8.07. The van der Waals surface area contributed by atoms with Crippen molar-refractivity contribution in [3.63, 3.8) is 0 Å². The lowest BCUT2D eigenvalue weighted by Gasteiger charge is -2.04. The monoisotopic (exact) mass is 328 g/mol. The average Bonchev–Trinajstić information content (AvgIpc) is 2.95. The fourth-order valence-electron chi connectivity index (χ4n) is 2.27. The summed E-state index contributed by atoms with van der Waals surface area (Å²) in [5, 5.41) is 4.19. The summed E-state index contributed by atoms with van der Waals surface area (Å²) in [6, 6.07) is 14.3. The van der Waals surface area contributed by atoms with Crippen molar-refractivity contribution in [2.24, 2.45) is 0 Å². The van der Waals surface area contributed by atoms with Crippen LogP contribution in [-0.4, -0.2) is 12.1 Å². The lowest BCUT2D eigenvalue weighted by molar-refractivity contribution is 0.414. The van der Waals surface area contributed by atoms with Crippen LogP contribution in [0.5, 0.6) is 5.75 Å². The Morgan fingerprint density at radius 2 is 1.78 bits per heavy atom. The number of aromatic nitrogens is 1. The Bertz CT molecular complexity index is 782. The zero-order valence-electron chi connectivity index (χ0n) is 13.0. The second-order valence-corrected chi connectivity index (χ2v) is 6.34. The molecule has 0 saturated heterocycles. The molecule has 0 aliphatic rings. The van der Waals surface area contributed by atoms with E-state index in [1.807, 2.05) is 31.2 Å². The molecule has 2 aromatic carbocycles. The fraction of sp³-hybridized carbons (Fsp3) is 0.167. The Hall–Kier alpha value is -2.40. The van der Waals surface area contributed by atoms with Crippen molar-refractivity contribution in [1.29, 1.82) is 0 Å². The van der Waals surface area contributed by atoms with E-state index in [1.54, 1.807) is 30.6 Å². The quantitative estimate of drug-likeness (QED) is 0.725. The minimum Gasteiger partial charge on any atom is -0.497 e. The molecule has 3 aromatic rings. The molecule has 0 unspecified atom stereocenters. The van der Waals surface area contributed by atoms with Gasteiger partial charge in [0.05, 0.1) is 12.8 Å². The molecule has 0 radical (unpaired) electrons. The van der Waals surface area contributed by atoms with Gasteiger partial charge >= 0.3 is 0 Å². The van der Waals surface area contributed by atoms with Crippen molar-refractivity contribution in [2.75, 3.05) is 12.4 Å². The summed E-state index contributed by atoms with van der Waals surface area (Å²) >= 11 is 1.60. The van der Waals surface area contributed by atoms with Crippen molar-refractivity contribution in [1.82, 2.24) is 4.98 Å². The number of methoxy groups -OCH3 is 1. The van der Waals surface area contributed by atoms with Gasteiger partial charge in [-0.15, -0.1) is 11.3 Å². The van der Waals surface area contributed by atoms with Crippen LogP contribution in [0.3, 0.4) is 0 Å². The molecule has 0 spiro atoms. The fourth-order valence-corrected chi connectivity index (χ4v) is 3.10. The van der Waals surface area contributed by atoms with Gasteiger partial charge in [-0.2, -0.15) is 0 Å². The van der Waals surface area contributed by atoms with Crippen molar-refractivity contribution < 1.29 is 9.13 Å². The van der Waals surface area contributed by atoms with Crippen LogP contribution >= 0.6 is 11.3 Å². The lowest BCUT2D eigenvalue weighted by Crippen LogP contribution is -1.98. The van der Waals surface area contributed by atoms with Crippen molar-refractivity contribution in [3.05, 3.63) is 64.8 Å². The van der Waals surface area contributed by atoms with E-state index in [1.165, 1.54) is 12.1 Å². The number of thiazole rings is 1. The molecular formula is C18H17FN2OS. The van der Waals surface area contributed by atoms with Crippen molar-refractivity contribution >= 4 is 16.5 Å². The molecule has 0 bridgehead atoms. The van der Waals surface area contributed by atoms with E-state index in [-0.39, 0.29) is 5.82 Å². The zero-order chi connectivity index (χ0) is 16.2. The Morgan fingerprint density at radius 3 is 2.43 bits per heavy atom. The topological polar surface area (TPSA) is 34.1 Å². The molecule has 0 aliphatic heterocycles. The number of aryl methyl sites for hydroxylation is 1. The third-order valence-electron chi connectivity index (χ3n) is 3.52. The maximum atomic E-state index is 13.0. The molecule has 1 N–H and O–H groups in total.